The third kappa shape index (κ3) is 6.03. The van der Waals surface area contributed by atoms with Crippen molar-refractivity contribution < 1.29 is 9.59 Å². The van der Waals surface area contributed by atoms with E-state index in [1.807, 2.05) is 5.38 Å². The van der Waals surface area contributed by atoms with E-state index in [-0.39, 0.29) is 30.3 Å². The molecule has 2 rings (SSSR count). The Kier molecular flexibility index (Phi) is 7.71. The molecule has 0 bridgehead atoms. The number of nitrogens with one attached hydrogen (secondary N) is 3. The van der Waals surface area contributed by atoms with Gasteiger partial charge in [0.05, 0.1) is 0 Å². The first kappa shape index (κ1) is 17.9. The van der Waals surface area contributed by atoms with E-state index < -0.39 is 0 Å². The summed E-state index contributed by atoms with van der Waals surface area (Å²) < 4.78 is 0. The van der Waals surface area contributed by atoms with Gasteiger partial charge >= 0.3 is 0 Å². The van der Waals surface area contributed by atoms with Crippen molar-refractivity contribution in [1.82, 2.24) is 16.0 Å². The quantitative estimate of drug-likeness (QED) is 0.766. The summed E-state index contributed by atoms with van der Waals surface area (Å²) in [5, 5.41) is 12.8. The first-order valence-corrected chi connectivity index (χ1v) is 7.92. The van der Waals surface area contributed by atoms with E-state index in [2.05, 4.69) is 22.9 Å². The maximum atomic E-state index is 11.8. The minimum absolute atomic E-state index is 0. The molecule has 118 valence electrons. The fourth-order valence-corrected chi connectivity index (χ4v) is 2.98. The normalized spacial score (nSPS) is 21.2. The van der Waals surface area contributed by atoms with Crippen LogP contribution in [-0.2, 0) is 4.79 Å². The summed E-state index contributed by atoms with van der Waals surface area (Å²) in [6.07, 6.45) is 2.26. The van der Waals surface area contributed by atoms with Gasteiger partial charge in [-0.25, -0.2) is 0 Å². The van der Waals surface area contributed by atoms with Crippen molar-refractivity contribution in [3.63, 3.8) is 0 Å². The molecule has 2 heterocycles. The minimum atomic E-state index is -0.116. The molecule has 1 aromatic rings. The van der Waals surface area contributed by atoms with Crippen LogP contribution >= 0.6 is 23.7 Å². The number of rotatable bonds is 5. The summed E-state index contributed by atoms with van der Waals surface area (Å²) in [5.41, 5.74) is 0.655. The molecular weight excluding hydrogens is 310 g/mol. The lowest BCUT2D eigenvalue weighted by atomic mass is 10.0. The highest BCUT2D eigenvalue weighted by molar-refractivity contribution is 7.08. The Labute approximate surface area is 135 Å². The van der Waals surface area contributed by atoms with Crippen LogP contribution in [0.5, 0.6) is 0 Å². The molecule has 2 amide bonds. The van der Waals surface area contributed by atoms with Crippen LogP contribution in [-0.4, -0.2) is 37.0 Å². The van der Waals surface area contributed by atoms with Gasteiger partial charge in [-0.3, -0.25) is 9.59 Å². The second-order valence-electron chi connectivity index (χ2n) is 5.16. The summed E-state index contributed by atoms with van der Waals surface area (Å²) in [5.74, 6) is -0.107. The lowest BCUT2D eigenvalue weighted by molar-refractivity contribution is -0.121. The predicted molar refractivity (Wildman–Crippen MR) is 87.1 cm³/mol. The van der Waals surface area contributed by atoms with E-state index in [4.69, 9.17) is 0 Å². The monoisotopic (exact) mass is 331 g/mol. The molecule has 0 radical (unpaired) electrons. The standard InChI is InChI=1S/C14H21N3O2S.ClH/c1-10-8-12(2-5-15-10)17-13(18)3-6-16-14(19)11-4-7-20-9-11;/h4,7,9-10,12,15H,2-3,5-6,8H2,1H3,(H,16,19)(H,17,18);1H. The Bertz CT molecular complexity index is 453. The Balaban J connectivity index is 0.00000220. The van der Waals surface area contributed by atoms with Crippen molar-refractivity contribution in [3.05, 3.63) is 22.4 Å². The lowest BCUT2D eigenvalue weighted by Gasteiger charge is -2.28. The summed E-state index contributed by atoms with van der Waals surface area (Å²) in [6, 6.07) is 2.48. The molecule has 1 aliphatic heterocycles. The molecule has 1 aliphatic rings. The number of piperidine rings is 1. The van der Waals surface area contributed by atoms with Crippen LogP contribution in [0.15, 0.2) is 16.8 Å². The van der Waals surface area contributed by atoms with Gasteiger partial charge < -0.3 is 16.0 Å². The SMILES string of the molecule is CC1CC(NC(=O)CCNC(=O)c2ccsc2)CCN1.Cl. The first-order chi connectivity index (χ1) is 9.65. The number of thiophene rings is 1. The molecule has 2 atom stereocenters. The highest BCUT2D eigenvalue weighted by atomic mass is 35.5. The molecule has 0 aliphatic carbocycles. The van der Waals surface area contributed by atoms with Gasteiger partial charge in [0.15, 0.2) is 0 Å². The average Bonchev–Trinajstić information content (AvgIpc) is 2.92. The van der Waals surface area contributed by atoms with Crippen molar-refractivity contribution in [2.45, 2.75) is 38.3 Å². The number of hydrogen-bond donors (Lipinski definition) is 3. The van der Waals surface area contributed by atoms with Crippen LogP contribution in [0.25, 0.3) is 0 Å². The zero-order valence-electron chi connectivity index (χ0n) is 12.1. The van der Waals surface area contributed by atoms with Crippen molar-refractivity contribution in [2.24, 2.45) is 0 Å². The fraction of sp³-hybridized carbons (Fsp3) is 0.571. The number of amides is 2. The van der Waals surface area contributed by atoms with Gasteiger partial charge in [0, 0.05) is 36.0 Å². The highest BCUT2D eigenvalue weighted by Crippen LogP contribution is 2.08. The van der Waals surface area contributed by atoms with E-state index in [9.17, 15) is 9.59 Å². The minimum Gasteiger partial charge on any atom is -0.353 e. The number of hydrogen-bond acceptors (Lipinski definition) is 4. The van der Waals surface area contributed by atoms with Crippen LogP contribution in [0, 0.1) is 0 Å². The van der Waals surface area contributed by atoms with Crippen LogP contribution in [0.4, 0.5) is 0 Å². The van der Waals surface area contributed by atoms with Crippen LogP contribution in [0.2, 0.25) is 0 Å². The van der Waals surface area contributed by atoms with E-state index in [1.165, 1.54) is 11.3 Å². The van der Waals surface area contributed by atoms with Crippen LogP contribution < -0.4 is 16.0 Å². The maximum Gasteiger partial charge on any atom is 0.252 e. The molecule has 21 heavy (non-hydrogen) atoms. The largest absolute Gasteiger partial charge is 0.353 e. The summed E-state index contributed by atoms with van der Waals surface area (Å²) in [6.45, 7) is 3.45. The van der Waals surface area contributed by atoms with Gasteiger partial charge in [-0.05, 0) is 37.8 Å². The zero-order valence-corrected chi connectivity index (χ0v) is 13.7. The second kappa shape index (κ2) is 9.02. The van der Waals surface area contributed by atoms with Gasteiger partial charge in [0.2, 0.25) is 5.91 Å². The molecule has 3 N–H and O–H groups in total. The molecule has 0 saturated carbocycles. The summed E-state index contributed by atoms with van der Waals surface area (Å²) in [4.78, 5) is 23.5. The Morgan fingerprint density at radius 1 is 1.48 bits per heavy atom. The van der Waals surface area contributed by atoms with E-state index in [1.54, 1.807) is 11.4 Å². The molecule has 1 saturated heterocycles. The van der Waals surface area contributed by atoms with Crippen molar-refractivity contribution in [3.8, 4) is 0 Å². The van der Waals surface area contributed by atoms with Crippen molar-refractivity contribution >= 4 is 35.6 Å². The van der Waals surface area contributed by atoms with Gasteiger partial charge in [0.1, 0.15) is 0 Å². The van der Waals surface area contributed by atoms with Gasteiger partial charge in [-0.2, -0.15) is 11.3 Å². The number of halogens is 1. The molecular formula is C14H22ClN3O2S. The van der Waals surface area contributed by atoms with Crippen LogP contribution in [0.3, 0.4) is 0 Å². The smallest absolute Gasteiger partial charge is 0.252 e. The maximum absolute atomic E-state index is 11.8. The average molecular weight is 332 g/mol. The van der Waals surface area contributed by atoms with Gasteiger partial charge in [0.25, 0.3) is 5.91 Å². The molecule has 5 nitrogen and oxygen atoms in total. The highest BCUT2D eigenvalue weighted by Gasteiger charge is 2.19. The number of carbonyl (C=O) groups excluding carboxylic acids is 2. The second-order valence-corrected chi connectivity index (χ2v) is 5.94. The predicted octanol–water partition coefficient (Wildman–Crippen LogP) is 1.55. The molecule has 0 aromatic carbocycles. The molecule has 0 spiro atoms. The Morgan fingerprint density at radius 3 is 2.95 bits per heavy atom. The summed E-state index contributed by atoms with van der Waals surface area (Å²) >= 11 is 1.49. The third-order valence-electron chi connectivity index (χ3n) is 3.41. The number of carbonyl (C=O) groups is 2. The topological polar surface area (TPSA) is 70.2 Å². The molecule has 7 heteroatoms. The third-order valence-corrected chi connectivity index (χ3v) is 4.09. The van der Waals surface area contributed by atoms with E-state index in [0.717, 1.165) is 19.4 Å². The van der Waals surface area contributed by atoms with Crippen molar-refractivity contribution in [1.29, 1.82) is 0 Å². The Morgan fingerprint density at radius 2 is 2.29 bits per heavy atom. The van der Waals surface area contributed by atoms with Crippen LogP contribution in [0.1, 0.15) is 36.5 Å². The van der Waals surface area contributed by atoms with E-state index >= 15 is 0 Å². The lowest BCUT2D eigenvalue weighted by Crippen LogP contribution is -2.47. The van der Waals surface area contributed by atoms with Gasteiger partial charge in [-0.15, -0.1) is 12.4 Å². The summed E-state index contributed by atoms with van der Waals surface area (Å²) in [7, 11) is 0. The Hall–Kier alpha value is -1.11. The van der Waals surface area contributed by atoms with Gasteiger partial charge in [-0.1, -0.05) is 0 Å². The molecule has 1 aromatic heterocycles. The first-order valence-electron chi connectivity index (χ1n) is 6.98. The van der Waals surface area contributed by atoms with E-state index in [0.29, 0.717) is 24.6 Å². The van der Waals surface area contributed by atoms with Crippen molar-refractivity contribution in [2.75, 3.05) is 13.1 Å². The fourth-order valence-electron chi connectivity index (χ4n) is 2.35. The molecule has 1 fully saturated rings. The molecule has 2 unspecified atom stereocenters. The zero-order chi connectivity index (χ0) is 14.4.